The Hall–Kier alpha value is -2.21. The molecule has 3 rings (SSSR count). The van der Waals surface area contributed by atoms with Crippen molar-refractivity contribution in [2.24, 2.45) is 0 Å². The second-order valence-electron chi connectivity index (χ2n) is 4.35. The summed E-state index contributed by atoms with van der Waals surface area (Å²) in [4.78, 5) is 4.38. The molecule has 0 atom stereocenters. The van der Waals surface area contributed by atoms with Gasteiger partial charge < -0.3 is 5.73 Å². The molecule has 0 saturated heterocycles. The molecule has 0 bridgehead atoms. The number of hydrogen-bond acceptors (Lipinski definition) is 3. The number of rotatable bonds is 2. The number of pyridine rings is 1. The fourth-order valence-electron chi connectivity index (χ4n) is 1.98. The Labute approximate surface area is 122 Å². The van der Waals surface area contributed by atoms with Crippen LogP contribution in [-0.2, 0) is 0 Å². The number of hydrogen-bond donors (Lipinski definition) is 1. The van der Waals surface area contributed by atoms with Gasteiger partial charge in [-0.05, 0) is 30.3 Å². The van der Waals surface area contributed by atoms with Gasteiger partial charge in [-0.15, -0.1) is 0 Å². The number of nitrogen functional groups attached to an aromatic ring is 1. The third-order valence-electron chi connectivity index (χ3n) is 2.94. The summed E-state index contributed by atoms with van der Waals surface area (Å²) < 4.78 is 40.8. The maximum absolute atomic E-state index is 14.1. The quantitative estimate of drug-likeness (QED) is 0.714. The van der Waals surface area contributed by atoms with E-state index in [-0.39, 0.29) is 15.5 Å². The summed E-state index contributed by atoms with van der Waals surface area (Å²) in [5, 5.41) is 0.587. The molecule has 2 aromatic carbocycles. The number of benzene rings is 2. The molecule has 0 unspecified atom stereocenters. The Morgan fingerprint density at radius 1 is 1.00 bits per heavy atom. The van der Waals surface area contributed by atoms with Crippen LogP contribution in [0.1, 0.15) is 0 Å². The summed E-state index contributed by atoms with van der Waals surface area (Å²) in [7, 11) is 0. The zero-order chi connectivity index (χ0) is 15.0. The Morgan fingerprint density at radius 3 is 2.57 bits per heavy atom. The molecule has 106 valence electrons. The Balaban J connectivity index is 2.16. The van der Waals surface area contributed by atoms with Gasteiger partial charge in [0.1, 0.15) is 17.5 Å². The van der Waals surface area contributed by atoms with Crippen LogP contribution >= 0.6 is 11.8 Å². The highest BCUT2D eigenvalue weighted by Crippen LogP contribution is 2.38. The van der Waals surface area contributed by atoms with E-state index < -0.39 is 17.5 Å². The van der Waals surface area contributed by atoms with E-state index in [0.29, 0.717) is 10.9 Å². The van der Waals surface area contributed by atoms with Gasteiger partial charge in [0, 0.05) is 28.2 Å². The molecule has 0 aliphatic heterocycles. The van der Waals surface area contributed by atoms with Crippen LogP contribution in [0.3, 0.4) is 0 Å². The number of anilines is 1. The lowest BCUT2D eigenvalue weighted by Gasteiger charge is -2.09. The SMILES string of the molecule is Nc1cc(F)c(Sc2ccc(F)cc2F)c2ncccc12. The molecule has 0 amide bonds. The summed E-state index contributed by atoms with van der Waals surface area (Å²) in [5.41, 5.74) is 6.37. The third kappa shape index (κ3) is 2.54. The first-order chi connectivity index (χ1) is 10.1. The van der Waals surface area contributed by atoms with Gasteiger partial charge in [-0.3, -0.25) is 4.98 Å². The van der Waals surface area contributed by atoms with Crippen LogP contribution in [0.25, 0.3) is 10.9 Å². The molecule has 2 nitrogen and oxygen atoms in total. The molecule has 0 spiro atoms. The zero-order valence-corrected chi connectivity index (χ0v) is 11.4. The van der Waals surface area contributed by atoms with Crippen molar-refractivity contribution >= 4 is 28.4 Å². The van der Waals surface area contributed by atoms with Crippen molar-refractivity contribution in [3.63, 3.8) is 0 Å². The monoisotopic (exact) mass is 306 g/mol. The van der Waals surface area contributed by atoms with E-state index in [1.807, 2.05) is 0 Å². The fourth-order valence-corrected chi connectivity index (χ4v) is 2.91. The molecular weight excluding hydrogens is 297 g/mol. The molecule has 21 heavy (non-hydrogen) atoms. The normalized spacial score (nSPS) is 11.0. The highest BCUT2D eigenvalue weighted by Gasteiger charge is 2.15. The molecule has 2 N–H and O–H groups in total. The lowest BCUT2D eigenvalue weighted by atomic mass is 10.2. The lowest BCUT2D eigenvalue weighted by molar-refractivity contribution is 0.565. The Kier molecular flexibility index (Phi) is 3.47. The molecule has 0 fully saturated rings. The Morgan fingerprint density at radius 2 is 1.81 bits per heavy atom. The largest absolute Gasteiger partial charge is 0.398 e. The van der Waals surface area contributed by atoms with Crippen LogP contribution in [0.15, 0.2) is 52.4 Å². The zero-order valence-electron chi connectivity index (χ0n) is 10.6. The van der Waals surface area contributed by atoms with Gasteiger partial charge >= 0.3 is 0 Å². The minimum Gasteiger partial charge on any atom is -0.398 e. The second kappa shape index (κ2) is 5.29. The summed E-state index contributed by atoms with van der Waals surface area (Å²) in [5.74, 6) is -2.02. The predicted octanol–water partition coefficient (Wildman–Crippen LogP) is 4.39. The maximum atomic E-state index is 14.1. The molecule has 6 heteroatoms. The molecule has 3 aromatic rings. The number of halogens is 3. The van der Waals surface area contributed by atoms with Crippen molar-refractivity contribution in [2.45, 2.75) is 9.79 Å². The van der Waals surface area contributed by atoms with Crippen molar-refractivity contribution in [2.75, 3.05) is 5.73 Å². The molecule has 0 aliphatic carbocycles. The van der Waals surface area contributed by atoms with E-state index in [0.717, 1.165) is 23.9 Å². The standard InChI is InChI=1S/C15H9F3N2S/c16-8-3-4-13(10(17)6-8)21-15-11(18)7-12(19)9-2-1-5-20-14(9)15/h1-7H,19H2. The summed E-state index contributed by atoms with van der Waals surface area (Å²) in [6, 6.07) is 7.71. The van der Waals surface area contributed by atoms with E-state index in [1.54, 1.807) is 12.1 Å². The first-order valence-electron chi connectivity index (χ1n) is 6.02. The van der Waals surface area contributed by atoms with E-state index in [4.69, 9.17) is 5.73 Å². The number of fused-ring (bicyclic) bond motifs is 1. The van der Waals surface area contributed by atoms with Gasteiger partial charge in [-0.2, -0.15) is 0 Å². The van der Waals surface area contributed by atoms with Crippen LogP contribution in [0, 0.1) is 17.5 Å². The predicted molar refractivity (Wildman–Crippen MR) is 76.6 cm³/mol. The second-order valence-corrected chi connectivity index (χ2v) is 5.41. The van der Waals surface area contributed by atoms with E-state index in [9.17, 15) is 13.2 Å². The Bertz CT molecular complexity index is 837. The van der Waals surface area contributed by atoms with Gasteiger partial charge in [0.25, 0.3) is 0 Å². The van der Waals surface area contributed by atoms with Crippen LogP contribution in [0.4, 0.5) is 18.9 Å². The van der Waals surface area contributed by atoms with Crippen molar-refractivity contribution in [1.82, 2.24) is 4.98 Å². The van der Waals surface area contributed by atoms with Crippen molar-refractivity contribution in [1.29, 1.82) is 0 Å². The first-order valence-corrected chi connectivity index (χ1v) is 6.83. The minimum atomic E-state index is -0.750. The lowest BCUT2D eigenvalue weighted by Crippen LogP contribution is -1.94. The van der Waals surface area contributed by atoms with Crippen LogP contribution in [-0.4, -0.2) is 4.98 Å². The van der Waals surface area contributed by atoms with Crippen LogP contribution in [0.5, 0.6) is 0 Å². The smallest absolute Gasteiger partial charge is 0.141 e. The summed E-state index contributed by atoms with van der Waals surface area (Å²) >= 11 is 0.853. The average molecular weight is 306 g/mol. The molecule has 0 radical (unpaired) electrons. The molecule has 1 aromatic heterocycles. The average Bonchev–Trinajstić information content (AvgIpc) is 2.45. The first kappa shape index (κ1) is 13.8. The van der Waals surface area contributed by atoms with Crippen molar-refractivity contribution < 1.29 is 13.2 Å². The number of aromatic nitrogens is 1. The van der Waals surface area contributed by atoms with Crippen LogP contribution < -0.4 is 5.73 Å². The van der Waals surface area contributed by atoms with Crippen molar-refractivity contribution in [3.8, 4) is 0 Å². The highest BCUT2D eigenvalue weighted by atomic mass is 32.2. The fraction of sp³-hybridized carbons (Fsp3) is 0. The summed E-state index contributed by atoms with van der Waals surface area (Å²) in [6.07, 6.45) is 1.51. The van der Waals surface area contributed by atoms with Gasteiger partial charge in [0.15, 0.2) is 0 Å². The van der Waals surface area contributed by atoms with Crippen LogP contribution in [0.2, 0.25) is 0 Å². The van der Waals surface area contributed by atoms with E-state index >= 15 is 0 Å². The van der Waals surface area contributed by atoms with Gasteiger partial charge in [0.2, 0.25) is 0 Å². The third-order valence-corrected chi connectivity index (χ3v) is 4.08. The van der Waals surface area contributed by atoms with Gasteiger partial charge in [-0.1, -0.05) is 11.8 Å². The summed E-state index contributed by atoms with van der Waals surface area (Å²) in [6.45, 7) is 0. The highest BCUT2D eigenvalue weighted by molar-refractivity contribution is 7.99. The maximum Gasteiger partial charge on any atom is 0.141 e. The topological polar surface area (TPSA) is 38.9 Å². The van der Waals surface area contributed by atoms with E-state index in [1.165, 1.54) is 18.3 Å². The molecule has 0 saturated carbocycles. The molecule has 1 heterocycles. The van der Waals surface area contributed by atoms with Gasteiger partial charge in [0.05, 0.1) is 10.4 Å². The molecular formula is C15H9F3N2S. The van der Waals surface area contributed by atoms with Gasteiger partial charge in [-0.25, -0.2) is 13.2 Å². The number of nitrogens with zero attached hydrogens (tertiary/aromatic N) is 1. The number of nitrogens with two attached hydrogens (primary N) is 1. The van der Waals surface area contributed by atoms with E-state index in [2.05, 4.69) is 4.98 Å². The van der Waals surface area contributed by atoms with Crippen molar-refractivity contribution in [3.05, 3.63) is 60.0 Å². The minimum absolute atomic E-state index is 0.118. The molecule has 0 aliphatic rings.